The Morgan fingerprint density at radius 1 is 1.00 bits per heavy atom. The zero-order valence-corrected chi connectivity index (χ0v) is 25.2. The molecule has 45 heavy (non-hydrogen) atoms. The van der Waals surface area contributed by atoms with E-state index < -0.39 is 90.1 Å². The number of halogens is 1. The summed E-state index contributed by atoms with van der Waals surface area (Å²) in [4.78, 5) is 39.7. The zero-order chi connectivity index (χ0) is 31.3. The second-order valence-corrected chi connectivity index (χ2v) is 11.6. The molecule has 1 heterocycles. The molecule has 0 aromatic heterocycles. The normalized spacial score (nSPS) is 27.2. The second-order valence-electron chi connectivity index (χ2n) is 11.6. The van der Waals surface area contributed by atoms with Crippen molar-refractivity contribution < 1.29 is 49.0 Å². The van der Waals surface area contributed by atoms with Gasteiger partial charge < -0.3 is 40.4 Å². The fourth-order valence-electron chi connectivity index (χ4n) is 6.53. The summed E-state index contributed by atoms with van der Waals surface area (Å²) in [7, 11) is 0. The highest BCUT2D eigenvalue weighted by molar-refractivity contribution is 6.30. The predicted octanol–water partition coefficient (Wildman–Crippen LogP) is 2.64. The van der Waals surface area contributed by atoms with Crippen LogP contribution >= 0.6 is 12.4 Å². The molecule has 6 rings (SSSR count). The van der Waals surface area contributed by atoms with E-state index in [1.165, 1.54) is 12.1 Å². The van der Waals surface area contributed by atoms with Gasteiger partial charge >= 0.3 is 0 Å². The third-order valence-corrected chi connectivity index (χ3v) is 8.75. The molecule has 11 nitrogen and oxygen atoms in total. The Bertz CT molecular complexity index is 1630. The number of aromatic hydroxyl groups is 2. The fourth-order valence-corrected chi connectivity index (χ4v) is 6.53. The van der Waals surface area contributed by atoms with Gasteiger partial charge in [0.2, 0.25) is 0 Å². The summed E-state index contributed by atoms with van der Waals surface area (Å²) in [6, 6.07) is 15.1. The minimum Gasteiger partial charge on any atom is -0.507 e. The summed E-state index contributed by atoms with van der Waals surface area (Å²) in [5.74, 6) is -3.55. The topological polar surface area (TPSA) is 186 Å². The summed E-state index contributed by atoms with van der Waals surface area (Å²) in [6.07, 6.45) is -4.11. The molecule has 1 fully saturated rings. The highest BCUT2D eigenvalue weighted by Crippen LogP contribution is 2.52. The number of ketones is 3. The maximum Gasteiger partial charge on any atom is 0.198 e. The number of phenols is 2. The van der Waals surface area contributed by atoms with Crippen LogP contribution in [0.2, 0.25) is 0 Å². The number of Topliss-reactive ketones (excluding diaryl/α,β-unsaturated/α-hetero) is 1. The Morgan fingerprint density at radius 2 is 1.60 bits per heavy atom. The van der Waals surface area contributed by atoms with Gasteiger partial charge in [0.1, 0.15) is 23.7 Å². The average Bonchev–Trinajstić information content (AvgIpc) is 3.01. The molecule has 1 saturated heterocycles. The number of nitrogens with two attached hydrogens (primary N) is 1. The number of carbonyl (C=O) groups excluding carboxylic acids is 3. The molecule has 12 heteroatoms. The quantitative estimate of drug-likeness (QED) is 0.187. The van der Waals surface area contributed by atoms with Crippen molar-refractivity contribution in [3.63, 3.8) is 0 Å². The maximum atomic E-state index is 13.5. The molecule has 6 atom stereocenters. The van der Waals surface area contributed by atoms with Gasteiger partial charge in [0, 0.05) is 47.6 Å². The first kappa shape index (κ1) is 32.7. The molecular weight excluding hydrogens is 606 g/mol. The standard InChI is InChI=1S/C33H33NO10.ClH/c1-16-32(42-15-17-7-3-2-4-8-17)21(34)11-24(43-16)44-22-13-33(41,23(36)14-35)12-20-25(22)31(40)27-26(30(20)39)28(37)18-9-5-6-10-19(18)29(27)38;/h2-10,16,21-22,24,32,35,39-41H,11-15,34H2,1H3;1H/t16?,21?,22-,24?,32?,33-;/m0./s1. The summed E-state index contributed by atoms with van der Waals surface area (Å²) in [6.45, 7) is 1.09. The number of benzene rings is 3. The first-order chi connectivity index (χ1) is 21.0. The van der Waals surface area contributed by atoms with Gasteiger partial charge in [-0.1, -0.05) is 54.6 Å². The highest BCUT2D eigenvalue weighted by atomic mass is 35.5. The van der Waals surface area contributed by atoms with Gasteiger partial charge in [-0.25, -0.2) is 0 Å². The van der Waals surface area contributed by atoms with Crippen LogP contribution in [-0.4, -0.2) is 74.5 Å². The van der Waals surface area contributed by atoms with E-state index in [0.717, 1.165) is 5.56 Å². The van der Waals surface area contributed by atoms with Gasteiger partial charge in [0.15, 0.2) is 23.6 Å². The van der Waals surface area contributed by atoms with Crippen molar-refractivity contribution in [2.45, 2.75) is 69.0 Å². The van der Waals surface area contributed by atoms with Crippen LogP contribution in [0.4, 0.5) is 0 Å². The Morgan fingerprint density at radius 3 is 2.20 bits per heavy atom. The number of hydrogen-bond acceptors (Lipinski definition) is 11. The second kappa shape index (κ2) is 12.6. The molecule has 3 aliphatic rings. The maximum absolute atomic E-state index is 13.5. The molecule has 2 aliphatic carbocycles. The van der Waals surface area contributed by atoms with Crippen LogP contribution in [0.5, 0.6) is 11.5 Å². The summed E-state index contributed by atoms with van der Waals surface area (Å²) >= 11 is 0. The van der Waals surface area contributed by atoms with Crippen LogP contribution in [0.1, 0.15) is 74.4 Å². The number of carbonyl (C=O) groups is 3. The predicted molar refractivity (Wildman–Crippen MR) is 161 cm³/mol. The van der Waals surface area contributed by atoms with Gasteiger partial charge in [-0.15, -0.1) is 12.4 Å². The molecule has 238 valence electrons. The molecule has 0 bridgehead atoms. The van der Waals surface area contributed by atoms with Gasteiger partial charge in [-0.2, -0.15) is 0 Å². The van der Waals surface area contributed by atoms with Crippen LogP contribution in [0.25, 0.3) is 0 Å². The Hall–Kier alpha value is -3.68. The molecule has 6 N–H and O–H groups in total. The number of aliphatic hydroxyl groups excluding tert-OH is 1. The number of ether oxygens (including phenoxy) is 3. The Kier molecular flexibility index (Phi) is 9.16. The van der Waals surface area contributed by atoms with Gasteiger partial charge in [-0.3, -0.25) is 14.4 Å². The number of aliphatic hydroxyl groups is 2. The van der Waals surface area contributed by atoms with E-state index in [1.54, 1.807) is 19.1 Å². The van der Waals surface area contributed by atoms with Crippen LogP contribution in [0.3, 0.4) is 0 Å². The largest absolute Gasteiger partial charge is 0.507 e. The third kappa shape index (κ3) is 5.66. The summed E-state index contributed by atoms with van der Waals surface area (Å²) in [5, 5.41) is 44.0. The van der Waals surface area contributed by atoms with E-state index in [2.05, 4.69) is 0 Å². The molecule has 3 aromatic carbocycles. The monoisotopic (exact) mass is 639 g/mol. The van der Waals surface area contributed by atoms with Crippen molar-refractivity contribution in [2.24, 2.45) is 5.73 Å². The van der Waals surface area contributed by atoms with E-state index in [1.807, 2.05) is 30.3 Å². The Labute approximate surface area is 264 Å². The van der Waals surface area contributed by atoms with Crippen LogP contribution in [-0.2, 0) is 32.0 Å². The smallest absolute Gasteiger partial charge is 0.198 e. The van der Waals surface area contributed by atoms with E-state index >= 15 is 0 Å². The van der Waals surface area contributed by atoms with Crippen LogP contribution < -0.4 is 5.73 Å². The lowest BCUT2D eigenvalue weighted by Gasteiger charge is -2.43. The first-order valence-corrected chi connectivity index (χ1v) is 14.4. The van der Waals surface area contributed by atoms with Crippen molar-refractivity contribution in [1.82, 2.24) is 0 Å². The van der Waals surface area contributed by atoms with E-state index in [4.69, 9.17) is 19.9 Å². The van der Waals surface area contributed by atoms with Gasteiger partial charge in [0.05, 0.1) is 36.0 Å². The van der Waals surface area contributed by atoms with Gasteiger partial charge in [0.25, 0.3) is 0 Å². The molecule has 0 spiro atoms. The lowest BCUT2D eigenvalue weighted by atomic mass is 9.72. The molecular formula is C33H34ClNO10. The number of rotatable bonds is 7. The zero-order valence-electron chi connectivity index (χ0n) is 24.3. The lowest BCUT2D eigenvalue weighted by molar-refractivity contribution is -0.254. The van der Waals surface area contributed by atoms with E-state index in [9.17, 15) is 34.8 Å². The molecule has 0 radical (unpaired) electrons. The van der Waals surface area contributed by atoms with E-state index in [0.29, 0.717) is 6.61 Å². The summed E-state index contributed by atoms with van der Waals surface area (Å²) in [5.41, 5.74) is 4.34. The third-order valence-electron chi connectivity index (χ3n) is 8.75. The van der Waals surface area contributed by atoms with Crippen molar-refractivity contribution in [2.75, 3.05) is 6.61 Å². The molecule has 4 unspecified atom stereocenters. The van der Waals surface area contributed by atoms with Crippen LogP contribution in [0, 0.1) is 0 Å². The minimum atomic E-state index is -2.21. The molecule has 0 amide bonds. The van der Waals surface area contributed by atoms with Crippen molar-refractivity contribution in [1.29, 1.82) is 0 Å². The van der Waals surface area contributed by atoms with Crippen molar-refractivity contribution in [3.05, 3.63) is 93.5 Å². The number of phenolic OH excluding ortho intramolecular Hbond substituents is 2. The minimum absolute atomic E-state index is 0. The van der Waals surface area contributed by atoms with Gasteiger partial charge in [-0.05, 0) is 12.5 Å². The molecule has 0 saturated carbocycles. The van der Waals surface area contributed by atoms with Crippen molar-refractivity contribution in [3.8, 4) is 11.5 Å². The fraction of sp³-hybridized carbons (Fsp3) is 0.364. The number of fused-ring (bicyclic) bond motifs is 3. The Balaban J connectivity index is 0.00000400. The SMILES string of the molecule is CC1OC(O[C@H]2C[C@](O)(C(=O)CO)Cc3c(O)c4c(c(O)c32)C(=O)c2ccccc2C4=O)CC(N)C1OCc1ccccc1.Cl. The molecule has 3 aromatic rings. The van der Waals surface area contributed by atoms with E-state index in [-0.39, 0.29) is 46.6 Å². The first-order valence-electron chi connectivity index (χ1n) is 14.4. The lowest BCUT2D eigenvalue weighted by Crippen LogP contribution is -2.54. The summed E-state index contributed by atoms with van der Waals surface area (Å²) < 4.78 is 18.4. The molecule has 1 aliphatic heterocycles. The number of hydrogen-bond donors (Lipinski definition) is 5. The highest BCUT2D eigenvalue weighted by Gasteiger charge is 2.50. The van der Waals surface area contributed by atoms with Crippen LogP contribution in [0.15, 0.2) is 54.6 Å². The average molecular weight is 640 g/mol. The van der Waals surface area contributed by atoms with Crippen molar-refractivity contribution >= 4 is 29.8 Å².